The molecule has 0 radical (unpaired) electrons. The molecule has 4 aromatic rings. The molecule has 14 nitrogen and oxygen atoms in total. The lowest BCUT2D eigenvalue weighted by Crippen LogP contribution is -2.82. The lowest BCUT2D eigenvalue weighted by atomic mass is 9.47. The summed E-state index contributed by atoms with van der Waals surface area (Å²) in [6, 6.07) is 17.4. The predicted molar refractivity (Wildman–Crippen MR) is 258 cm³/mol. The van der Waals surface area contributed by atoms with Gasteiger partial charge in [-0.15, -0.1) is 0 Å². The number of aliphatic hydroxyl groups is 3. The third-order valence-corrected chi connectivity index (χ3v) is 18.7. The molecule has 66 heavy (non-hydrogen) atoms. The van der Waals surface area contributed by atoms with Crippen molar-refractivity contribution < 1.29 is 34.4 Å². The van der Waals surface area contributed by atoms with Crippen LogP contribution in [0.3, 0.4) is 0 Å². The van der Waals surface area contributed by atoms with Crippen LogP contribution in [0, 0.1) is 11.3 Å². The van der Waals surface area contributed by atoms with Crippen molar-refractivity contribution in [1.29, 1.82) is 0 Å². The van der Waals surface area contributed by atoms with E-state index < -0.39 is 51.6 Å². The zero-order valence-corrected chi connectivity index (χ0v) is 40.1. The highest BCUT2D eigenvalue weighted by Crippen LogP contribution is 2.67. The third-order valence-electron chi connectivity index (χ3n) is 16.5. The molecular formula is C50H63N7O7S2. The van der Waals surface area contributed by atoms with E-state index in [-0.39, 0.29) is 18.6 Å². The molecule has 7 heterocycles. The number of fused-ring (bicyclic) bond motifs is 6. The number of likely N-dealkylation sites (N-methyl/N-ethyl adjacent to an activating group) is 1. The molecule has 2 amide bonds. The van der Waals surface area contributed by atoms with Crippen LogP contribution in [0.4, 0.5) is 10.5 Å². The molecule has 4 unspecified atom stereocenters. The van der Waals surface area contributed by atoms with Crippen molar-refractivity contribution in [1.82, 2.24) is 30.6 Å². The van der Waals surface area contributed by atoms with Crippen molar-refractivity contribution in [3.05, 3.63) is 95.3 Å². The number of hydrogen-bond donors (Lipinski definition) is 6. The van der Waals surface area contributed by atoms with E-state index in [9.17, 15) is 24.9 Å². The molecule has 3 fully saturated rings. The number of rotatable bonds is 10. The van der Waals surface area contributed by atoms with Crippen LogP contribution in [0.25, 0.3) is 10.9 Å². The Morgan fingerprint density at radius 1 is 1.02 bits per heavy atom. The second-order valence-corrected chi connectivity index (χ2v) is 22.3. The summed E-state index contributed by atoms with van der Waals surface area (Å²) in [5, 5.41) is 40.2. The van der Waals surface area contributed by atoms with E-state index in [2.05, 4.69) is 86.9 Å². The summed E-state index contributed by atoms with van der Waals surface area (Å²) in [5.41, 5.74) is 5.52. The molecule has 16 heteroatoms. The number of amides is 2. The van der Waals surface area contributed by atoms with Crippen LogP contribution in [0.1, 0.15) is 75.3 Å². The number of H-pyrrole nitrogens is 1. The van der Waals surface area contributed by atoms with Crippen LogP contribution in [0.5, 0.6) is 5.75 Å². The van der Waals surface area contributed by atoms with Gasteiger partial charge in [0.2, 0.25) is 0 Å². The third kappa shape index (κ3) is 6.90. The van der Waals surface area contributed by atoms with Gasteiger partial charge in [0, 0.05) is 101 Å². The average molecular weight is 938 g/mol. The minimum Gasteiger partial charge on any atom is -0.496 e. The van der Waals surface area contributed by atoms with Gasteiger partial charge in [-0.2, -0.15) is 0 Å². The monoisotopic (exact) mass is 937 g/mol. The molecule has 6 aliphatic rings. The summed E-state index contributed by atoms with van der Waals surface area (Å²) in [4.78, 5) is 43.0. The SMILES string of the molecule is CCC1(O)CC2CN(CCc3c([nH]c4ccccc34)[C@@](C)(c3cc4c(cc3OC)N(C)[C@@H]3C45CCN4CC=C[C@](CC)([C@H]45)[C@@H](O)[C@@]3(O)C(=O)NNC(=O)OCCSSc3ccccn3)C2)C1. The first-order valence-corrected chi connectivity index (χ1v) is 25.8. The molecule has 2 saturated heterocycles. The Hall–Kier alpha value is -4.29. The summed E-state index contributed by atoms with van der Waals surface area (Å²) >= 11 is 0. The van der Waals surface area contributed by atoms with Crippen molar-refractivity contribution in [2.75, 3.05) is 64.1 Å². The minimum absolute atomic E-state index is 0.0751. The van der Waals surface area contributed by atoms with E-state index >= 15 is 0 Å². The normalized spacial score (nSPS) is 34.3. The molecule has 1 saturated carbocycles. The molecule has 5 aliphatic heterocycles. The number of para-hydroxylation sites is 1. The molecule has 2 aromatic heterocycles. The Morgan fingerprint density at radius 3 is 2.61 bits per heavy atom. The highest BCUT2D eigenvalue weighted by molar-refractivity contribution is 8.76. The first-order valence-electron chi connectivity index (χ1n) is 23.5. The van der Waals surface area contributed by atoms with Gasteiger partial charge in [0.05, 0.1) is 18.8 Å². The lowest BCUT2D eigenvalue weighted by Gasteiger charge is -2.63. The quantitative estimate of drug-likeness (QED) is 0.0496. The number of carbonyl (C=O) groups is 2. The Morgan fingerprint density at radius 2 is 1.83 bits per heavy atom. The Balaban J connectivity index is 1.05. The second kappa shape index (κ2) is 17.0. The number of piperidine rings is 1. The molecule has 2 bridgehead atoms. The van der Waals surface area contributed by atoms with Crippen molar-refractivity contribution >= 4 is 50.2 Å². The van der Waals surface area contributed by atoms with Gasteiger partial charge in [0.1, 0.15) is 23.5 Å². The number of benzene rings is 2. The van der Waals surface area contributed by atoms with Gasteiger partial charge >= 0.3 is 6.09 Å². The molecule has 10 rings (SSSR count). The number of nitrogens with one attached hydrogen (secondary N) is 3. The maximum Gasteiger partial charge on any atom is 0.426 e. The number of anilines is 1. The van der Waals surface area contributed by atoms with Crippen LogP contribution >= 0.6 is 21.6 Å². The zero-order chi connectivity index (χ0) is 46.2. The first kappa shape index (κ1) is 45.5. The Labute approximate surface area is 394 Å². The van der Waals surface area contributed by atoms with Gasteiger partial charge in [-0.3, -0.25) is 20.0 Å². The predicted octanol–water partition coefficient (Wildman–Crippen LogP) is 5.69. The highest BCUT2D eigenvalue weighted by Gasteiger charge is 2.78. The fraction of sp³-hybridized carbons (Fsp3) is 0.540. The van der Waals surface area contributed by atoms with E-state index in [0.717, 1.165) is 59.0 Å². The molecule has 1 aliphatic carbocycles. The molecule has 1 spiro atoms. The number of ether oxygens (including phenoxy) is 2. The van der Waals surface area contributed by atoms with Gasteiger partial charge in [-0.25, -0.2) is 15.2 Å². The molecule has 10 atom stereocenters. The van der Waals surface area contributed by atoms with Crippen LogP contribution in [-0.2, 0) is 26.8 Å². The van der Waals surface area contributed by atoms with Crippen LogP contribution in [0.15, 0.2) is 78.0 Å². The maximum absolute atomic E-state index is 14.9. The van der Waals surface area contributed by atoms with Crippen molar-refractivity contribution in [3.8, 4) is 5.75 Å². The van der Waals surface area contributed by atoms with Crippen molar-refractivity contribution in [2.24, 2.45) is 11.3 Å². The highest BCUT2D eigenvalue weighted by atomic mass is 33.1. The summed E-state index contributed by atoms with van der Waals surface area (Å²) < 4.78 is 11.9. The van der Waals surface area contributed by atoms with E-state index in [1.54, 1.807) is 13.3 Å². The number of nitrogens with zero attached hydrogens (tertiary/aromatic N) is 4. The van der Waals surface area contributed by atoms with Crippen LogP contribution in [-0.4, -0.2) is 136 Å². The number of aliphatic hydroxyl groups excluding tert-OH is 1. The Kier molecular flexibility index (Phi) is 11.7. The Bertz CT molecular complexity index is 2550. The number of hydrogen-bond acceptors (Lipinski definition) is 13. The van der Waals surface area contributed by atoms with Crippen molar-refractivity contribution in [2.45, 2.75) is 105 Å². The fourth-order valence-corrected chi connectivity index (χ4v) is 15.5. The lowest BCUT2D eigenvalue weighted by molar-refractivity contribution is -0.204. The van der Waals surface area contributed by atoms with Gasteiger partial charge < -0.3 is 34.7 Å². The van der Waals surface area contributed by atoms with E-state index in [0.29, 0.717) is 56.8 Å². The van der Waals surface area contributed by atoms with Gasteiger partial charge in [0.15, 0.2) is 5.60 Å². The fourth-order valence-electron chi connectivity index (χ4n) is 13.8. The second-order valence-electron chi connectivity index (χ2n) is 19.8. The smallest absolute Gasteiger partial charge is 0.426 e. The van der Waals surface area contributed by atoms with Gasteiger partial charge in [-0.05, 0) is 104 Å². The number of carbonyl (C=O) groups excluding carboxylic acids is 2. The minimum atomic E-state index is -2.41. The van der Waals surface area contributed by atoms with Gasteiger partial charge in [-0.1, -0.05) is 61.1 Å². The first-order chi connectivity index (χ1) is 31.8. The topological polar surface area (TPSA) is 176 Å². The molecular weight excluding hydrogens is 875 g/mol. The number of aromatic nitrogens is 2. The van der Waals surface area contributed by atoms with E-state index in [4.69, 9.17) is 9.47 Å². The summed E-state index contributed by atoms with van der Waals surface area (Å²) in [6.45, 7) is 10.3. The van der Waals surface area contributed by atoms with Gasteiger partial charge in [0.25, 0.3) is 5.91 Å². The molecule has 6 N–H and O–H groups in total. The summed E-state index contributed by atoms with van der Waals surface area (Å²) in [5.74, 6) is 0.435. The molecule has 352 valence electrons. The number of hydrazine groups is 1. The van der Waals surface area contributed by atoms with Crippen molar-refractivity contribution in [3.63, 3.8) is 0 Å². The summed E-state index contributed by atoms with van der Waals surface area (Å²) in [7, 11) is 6.56. The van der Waals surface area contributed by atoms with Crippen LogP contribution in [0.2, 0.25) is 0 Å². The number of aromatic amines is 1. The van der Waals surface area contributed by atoms with E-state index in [1.807, 2.05) is 43.1 Å². The van der Waals surface area contributed by atoms with E-state index in [1.165, 1.54) is 32.5 Å². The summed E-state index contributed by atoms with van der Waals surface area (Å²) in [6.07, 6.45) is 7.41. The maximum atomic E-state index is 14.9. The average Bonchev–Trinajstić information content (AvgIpc) is 3.99. The standard InChI is InChI=1S/C50H63N7O7S2/c1-6-47(61)28-31-27-46(3,40-33(16-21-56(29-31)30-47)32-13-8-9-14-36(32)52-40)35-25-34-37(26-38(35)63-5)55(4)42-49(34)18-22-57-20-12-17-48(7-2,41(49)57)43(58)50(42,62)44(59)53-54-45(60)64-23-24-65-66-39-15-10-11-19-51-39/h8-15,17,19,25-26,31,41-43,52,58,61-62H,6-7,16,18,20-24,27-30H2,1-5H3,(H,53,59)(H,54,60)/t31?,41-,42+,43+,46+,47?,48+,49?,50+/m0/s1. The molecule has 2 aromatic carbocycles. The zero-order valence-electron chi connectivity index (χ0n) is 38.5. The number of pyridine rings is 1. The van der Waals surface area contributed by atoms with Crippen LogP contribution < -0.4 is 20.5 Å². The number of methoxy groups -OCH3 is 1. The largest absolute Gasteiger partial charge is 0.496 e.